The smallest absolute Gasteiger partial charge is 0.411 e. The van der Waals surface area contributed by atoms with Gasteiger partial charge in [-0.1, -0.05) is 12.1 Å². The number of carbonyl (C=O) groups excluding carboxylic acids is 1. The van der Waals surface area contributed by atoms with Crippen molar-refractivity contribution in [2.45, 2.75) is 12.8 Å². The van der Waals surface area contributed by atoms with Crippen molar-refractivity contribution in [1.82, 2.24) is 14.7 Å². The molecule has 2 aromatic carbocycles. The Bertz CT molecular complexity index is 1250. The van der Waals surface area contributed by atoms with Gasteiger partial charge in [-0.15, -0.1) is 0 Å². The van der Waals surface area contributed by atoms with Crippen molar-refractivity contribution in [2.75, 3.05) is 45.3 Å². The molecular weight excluding hydrogens is 470 g/mol. The fraction of sp³-hybridized carbons (Fsp3) is 0.346. The van der Waals surface area contributed by atoms with Crippen LogP contribution in [0.25, 0.3) is 5.69 Å². The lowest BCUT2D eigenvalue weighted by Crippen LogP contribution is -2.26. The predicted molar refractivity (Wildman–Crippen MR) is 130 cm³/mol. The van der Waals surface area contributed by atoms with Crippen LogP contribution in [0.2, 0.25) is 0 Å². The zero-order valence-corrected chi connectivity index (χ0v) is 20.0. The van der Waals surface area contributed by atoms with Crippen LogP contribution in [-0.2, 0) is 15.9 Å². The van der Waals surface area contributed by atoms with Crippen LogP contribution in [0, 0.1) is 17.6 Å². The molecule has 10 heteroatoms. The molecule has 0 saturated carbocycles. The molecule has 0 radical (unpaired) electrons. The zero-order valence-electron chi connectivity index (χ0n) is 20.0. The minimum Gasteiger partial charge on any atom is -0.449 e. The van der Waals surface area contributed by atoms with Crippen LogP contribution in [0.4, 0.5) is 19.3 Å². The number of aromatic nitrogens is 2. The van der Waals surface area contributed by atoms with E-state index in [1.807, 2.05) is 0 Å². The molecule has 1 atom stereocenters. The van der Waals surface area contributed by atoms with Gasteiger partial charge in [-0.25, -0.2) is 18.3 Å². The van der Waals surface area contributed by atoms with E-state index in [-0.39, 0.29) is 29.1 Å². The second kappa shape index (κ2) is 11.9. The highest BCUT2D eigenvalue weighted by molar-refractivity contribution is 5.84. The summed E-state index contributed by atoms with van der Waals surface area (Å²) in [6.07, 6.45) is 1.95. The van der Waals surface area contributed by atoms with E-state index in [9.17, 15) is 18.4 Å². The molecule has 0 bridgehead atoms. The summed E-state index contributed by atoms with van der Waals surface area (Å²) >= 11 is 0. The molecule has 190 valence electrons. The van der Waals surface area contributed by atoms with Crippen LogP contribution in [0.1, 0.15) is 17.7 Å². The number of methoxy groups -OCH3 is 1. The molecule has 1 unspecified atom stereocenters. The van der Waals surface area contributed by atoms with Gasteiger partial charge in [0.25, 0.3) is 0 Å². The first kappa shape index (κ1) is 25.5. The van der Waals surface area contributed by atoms with E-state index in [4.69, 9.17) is 9.47 Å². The number of nitrogens with one attached hydrogen (secondary N) is 1. The summed E-state index contributed by atoms with van der Waals surface area (Å²) in [5.74, 6) is -1.19. The van der Waals surface area contributed by atoms with Crippen LogP contribution < -0.4 is 10.7 Å². The highest BCUT2D eigenvalue weighted by atomic mass is 19.1. The van der Waals surface area contributed by atoms with Gasteiger partial charge in [0.1, 0.15) is 17.3 Å². The van der Waals surface area contributed by atoms with E-state index in [2.05, 4.69) is 15.3 Å². The summed E-state index contributed by atoms with van der Waals surface area (Å²) in [7, 11) is 1.68. The molecular formula is C26H28F2N4O4. The van der Waals surface area contributed by atoms with E-state index in [0.717, 1.165) is 49.8 Å². The molecule has 36 heavy (non-hydrogen) atoms. The van der Waals surface area contributed by atoms with Gasteiger partial charge in [0.15, 0.2) is 0 Å². The Kier molecular flexibility index (Phi) is 8.40. The number of halogens is 2. The monoisotopic (exact) mass is 498 g/mol. The molecule has 1 fully saturated rings. The minimum atomic E-state index is -0.742. The summed E-state index contributed by atoms with van der Waals surface area (Å²) in [6.45, 7) is 3.72. The van der Waals surface area contributed by atoms with Gasteiger partial charge in [0.05, 0.1) is 18.9 Å². The topological polar surface area (TPSA) is 85.7 Å². The number of ether oxygens (including phenoxy) is 2. The van der Waals surface area contributed by atoms with Crippen molar-refractivity contribution in [1.29, 1.82) is 0 Å². The first-order valence-electron chi connectivity index (χ1n) is 11.7. The predicted octanol–water partition coefficient (Wildman–Crippen LogP) is 3.62. The quantitative estimate of drug-likeness (QED) is 0.485. The van der Waals surface area contributed by atoms with Crippen molar-refractivity contribution in [3.63, 3.8) is 0 Å². The van der Waals surface area contributed by atoms with Gasteiger partial charge in [0.2, 0.25) is 5.43 Å². The van der Waals surface area contributed by atoms with Gasteiger partial charge >= 0.3 is 6.09 Å². The molecule has 3 aromatic rings. The Morgan fingerprint density at radius 1 is 1.17 bits per heavy atom. The van der Waals surface area contributed by atoms with Crippen molar-refractivity contribution >= 4 is 11.8 Å². The van der Waals surface area contributed by atoms with Crippen molar-refractivity contribution in [2.24, 2.45) is 5.92 Å². The van der Waals surface area contributed by atoms with E-state index in [1.165, 1.54) is 16.9 Å². The highest BCUT2D eigenvalue weighted by Gasteiger charge is 2.23. The van der Waals surface area contributed by atoms with Gasteiger partial charge in [0, 0.05) is 56.6 Å². The van der Waals surface area contributed by atoms with Crippen LogP contribution in [0.15, 0.2) is 59.5 Å². The fourth-order valence-electron chi connectivity index (χ4n) is 4.16. The molecule has 0 spiro atoms. The molecule has 1 aliphatic rings. The average Bonchev–Trinajstić information content (AvgIpc) is 3.30. The Morgan fingerprint density at radius 3 is 2.75 bits per heavy atom. The Labute approximate surface area is 207 Å². The number of anilines is 1. The first-order valence-corrected chi connectivity index (χ1v) is 11.7. The summed E-state index contributed by atoms with van der Waals surface area (Å²) in [5, 5.41) is 6.98. The second-order valence-corrected chi connectivity index (χ2v) is 8.75. The maximum Gasteiger partial charge on any atom is 0.411 e. The molecule has 1 saturated heterocycles. The molecule has 1 aromatic heterocycles. The van der Waals surface area contributed by atoms with Gasteiger partial charge < -0.3 is 14.4 Å². The molecule has 1 amide bonds. The largest absolute Gasteiger partial charge is 0.449 e. The SMILES string of the molecule is COCCN1CCC(COC(=O)Nc2cccc(Cc3nn(-c4cc(F)cc(F)c4)ccc3=O)c2)C1. The Morgan fingerprint density at radius 2 is 1.97 bits per heavy atom. The number of benzene rings is 2. The van der Waals surface area contributed by atoms with E-state index in [1.54, 1.807) is 31.4 Å². The van der Waals surface area contributed by atoms with Crippen LogP contribution in [-0.4, -0.2) is 60.7 Å². The van der Waals surface area contributed by atoms with Crippen LogP contribution >= 0.6 is 0 Å². The number of carbonyl (C=O) groups is 1. The summed E-state index contributed by atoms with van der Waals surface area (Å²) < 4.78 is 39.0. The third-order valence-electron chi connectivity index (χ3n) is 5.97. The summed E-state index contributed by atoms with van der Waals surface area (Å²) in [6, 6.07) is 11.3. The standard InChI is InChI=1S/C26H28F2N4O4/c1-35-10-9-31-7-5-19(16-31)17-36-26(34)29-22-4-2-3-18(11-22)12-24-25(33)6-8-32(30-24)23-14-20(27)13-21(28)15-23/h2-4,6,8,11,13-15,19H,5,7,9-10,12,16-17H2,1H3,(H,29,34). The number of hydrogen-bond donors (Lipinski definition) is 1. The maximum atomic E-state index is 13.6. The summed E-state index contributed by atoms with van der Waals surface area (Å²) in [4.78, 5) is 27.0. The molecule has 8 nitrogen and oxygen atoms in total. The highest BCUT2D eigenvalue weighted by Crippen LogP contribution is 2.18. The van der Waals surface area contributed by atoms with Crippen LogP contribution in [0.3, 0.4) is 0 Å². The number of hydrogen-bond acceptors (Lipinski definition) is 6. The Hall–Kier alpha value is -3.63. The van der Waals surface area contributed by atoms with Crippen molar-refractivity contribution in [3.05, 3.63) is 87.8 Å². The average molecular weight is 499 g/mol. The fourth-order valence-corrected chi connectivity index (χ4v) is 4.16. The summed E-state index contributed by atoms with van der Waals surface area (Å²) in [5.41, 5.74) is 1.30. The number of likely N-dealkylation sites (tertiary alicyclic amines) is 1. The van der Waals surface area contributed by atoms with Crippen molar-refractivity contribution < 1.29 is 23.0 Å². The normalized spacial score (nSPS) is 15.7. The van der Waals surface area contributed by atoms with Gasteiger partial charge in [-0.05, 0) is 42.8 Å². The van der Waals surface area contributed by atoms with Crippen LogP contribution in [0.5, 0.6) is 0 Å². The Balaban J connectivity index is 1.36. The first-order chi connectivity index (χ1) is 17.4. The lowest BCUT2D eigenvalue weighted by molar-refractivity contribution is 0.134. The number of amides is 1. The van der Waals surface area contributed by atoms with E-state index in [0.29, 0.717) is 18.9 Å². The lowest BCUT2D eigenvalue weighted by Gasteiger charge is -2.15. The van der Waals surface area contributed by atoms with Crippen molar-refractivity contribution in [3.8, 4) is 5.69 Å². The molecule has 0 aliphatic carbocycles. The minimum absolute atomic E-state index is 0.163. The third-order valence-corrected chi connectivity index (χ3v) is 5.97. The number of nitrogens with zero attached hydrogens (tertiary/aromatic N) is 3. The zero-order chi connectivity index (χ0) is 25.5. The van der Waals surface area contributed by atoms with Gasteiger partial charge in [-0.3, -0.25) is 10.1 Å². The molecule has 4 rings (SSSR count). The molecule has 1 N–H and O–H groups in total. The third kappa shape index (κ3) is 6.96. The number of rotatable bonds is 9. The van der Waals surface area contributed by atoms with E-state index >= 15 is 0 Å². The second-order valence-electron chi connectivity index (χ2n) is 8.75. The van der Waals surface area contributed by atoms with Gasteiger partial charge in [-0.2, -0.15) is 5.10 Å². The molecule has 1 aliphatic heterocycles. The maximum absolute atomic E-state index is 13.6. The lowest BCUT2D eigenvalue weighted by atomic mass is 10.1. The van der Waals surface area contributed by atoms with E-state index < -0.39 is 17.7 Å². The molecule has 2 heterocycles.